The molecule has 4 nitrogen and oxygen atoms in total. The van der Waals surface area contributed by atoms with Crippen LogP contribution in [0.1, 0.15) is 64.9 Å². The summed E-state index contributed by atoms with van der Waals surface area (Å²) in [6, 6.07) is 0. The predicted octanol–water partition coefficient (Wildman–Crippen LogP) is 4.21. The zero-order valence-electron chi connectivity index (χ0n) is 13.7. The summed E-state index contributed by atoms with van der Waals surface area (Å²) in [5.41, 5.74) is 1.15. The Morgan fingerprint density at radius 3 is 2.57 bits per heavy atom. The molecule has 1 aromatic rings. The van der Waals surface area contributed by atoms with Crippen LogP contribution in [0.2, 0.25) is 0 Å². The van der Waals surface area contributed by atoms with E-state index < -0.39 is 0 Å². The molecule has 1 N–H and O–H groups in total. The second-order valence-electron chi connectivity index (χ2n) is 6.18. The predicted molar refractivity (Wildman–Crippen MR) is 86.9 cm³/mol. The van der Waals surface area contributed by atoms with Gasteiger partial charge in [-0.2, -0.15) is 0 Å². The number of anilines is 1. The summed E-state index contributed by atoms with van der Waals surface area (Å²) in [5.74, 6) is 2.59. The van der Waals surface area contributed by atoms with E-state index in [1.54, 1.807) is 6.33 Å². The van der Waals surface area contributed by atoms with E-state index in [1.807, 2.05) is 0 Å². The zero-order chi connectivity index (χ0) is 15.1. The molecule has 1 heterocycles. The standard InChI is InChI=1S/C17H29N3O/c1-4-6-15-16(18-11-5-2)19-12-20-17(15)21-14-9-7-13(3)8-10-14/h12-14H,4-11H2,1-3H3,(H,18,19,20). The van der Waals surface area contributed by atoms with Gasteiger partial charge in [0.25, 0.3) is 0 Å². The summed E-state index contributed by atoms with van der Waals surface area (Å²) in [7, 11) is 0. The largest absolute Gasteiger partial charge is 0.474 e. The van der Waals surface area contributed by atoms with E-state index in [1.165, 1.54) is 12.8 Å². The SMILES string of the molecule is CCCNc1ncnc(OC2CCC(C)CC2)c1CCC. The highest BCUT2D eigenvalue weighted by Crippen LogP contribution is 2.30. The first-order valence-electron chi connectivity index (χ1n) is 8.49. The number of aromatic nitrogens is 2. The van der Waals surface area contributed by atoms with Crippen LogP contribution in [-0.2, 0) is 6.42 Å². The van der Waals surface area contributed by atoms with Gasteiger partial charge in [-0.15, -0.1) is 0 Å². The van der Waals surface area contributed by atoms with E-state index in [4.69, 9.17) is 4.74 Å². The van der Waals surface area contributed by atoms with E-state index in [2.05, 4.69) is 36.1 Å². The molecule has 1 aromatic heterocycles. The van der Waals surface area contributed by atoms with Crippen LogP contribution in [0.3, 0.4) is 0 Å². The summed E-state index contributed by atoms with van der Waals surface area (Å²) in [5, 5.41) is 3.40. The van der Waals surface area contributed by atoms with Gasteiger partial charge < -0.3 is 10.1 Å². The van der Waals surface area contributed by atoms with Crippen molar-refractivity contribution in [1.82, 2.24) is 9.97 Å². The molecule has 0 amide bonds. The van der Waals surface area contributed by atoms with E-state index >= 15 is 0 Å². The minimum Gasteiger partial charge on any atom is -0.474 e. The first-order chi connectivity index (χ1) is 10.2. The van der Waals surface area contributed by atoms with Crippen molar-refractivity contribution >= 4 is 5.82 Å². The van der Waals surface area contributed by atoms with Gasteiger partial charge in [0.05, 0.1) is 5.56 Å². The van der Waals surface area contributed by atoms with E-state index in [0.29, 0.717) is 6.10 Å². The normalized spacial score (nSPS) is 22.0. The van der Waals surface area contributed by atoms with Crippen molar-refractivity contribution in [2.24, 2.45) is 5.92 Å². The van der Waals surface area contributed by atoms with Crippen LogP contribution in [0.4, 0.5) is 5.82 Å². The van der Waals surface area contributed by atoms with Gasteiger partial charge in [0.1, 0.15) is 18.2 Å². The second-order valence-corrected chi connectivity index (χ2v) is 6.18. The molecule has 1 aliphatic rings. The molecule has 4 heteroatoms. The Morgan fingerprint density at radius 1 is 1.14 bits per heavy atom. The topological polar surface area (TPSA) is 47.0 Å². The highest BCUT2D eigenvalue weighted by molar-refractivity contribution is 5.48. The first kappa shape index (κ1) is 16.1. The lowest BCUT2D eigenvalue weighted by Gasteiger charge is -2.27. The molecule has 21 heavy (non-hydrogen) atoms. The van der Waals surface area contributed by atoms with Gasteiger partial charge in [-0.1, -0.05) is 27.2 Å². The Balaban J connectivity index is 2.09. The van der Waals surface area contributed by atoms with Crippen molar-refractivity contribution < 1.29 is 4.74 Å². The summed E-state index contributed by atoms with van der Waals surface area (Å²) in [4.78, 5) is 8.80. The average molecular weight is 291 g/mol. The minimum absolute atomic E-state index is 0.325. The highest BCUT2D eigenvalue weighted by Gasteiger charge is 2.22. The molecule has 0 aliphatic heterocycles. The van der Waals surface area contributed by atoms with Crippen molar-refractivity contribution in [3.63, 3.8) is 0 Å². The fourth-order valence-corrected chi connectivity index (χ4v) is 2.87. The number of rotatable bonds is 7. The van der Waals surface area contributed by atoms with Crippen molar-refractivity contribution in [2.75, 3.05) is 11.9 Å². The van der Waals surface area contributed by atoms with Gasteiger partial charge in [-0.25, -0.2) is 9.97 Å². The number of ether oxygens (including phenoxy) is 1. The maximum absolute atomic E-state index is 6.22. The molecule has 0 spiro atoms. The molecule has 2 rings (SSSR count). The molecule has 0 saturated heterocycles. The molecule has 1 saturated carbocycles. The quantitative estimate of drug-likeness (QED) is 0.817. The van der Waals surface area contributed by atoms with E-state index in [-0.39, 0.29) is 0 Å². The smallest absolute Gasteiger partial charge is 0.222 e. The number of hydrogen-bond donors (Lipinski definition) is 1. The van der Waals surface area contributed by atoms with Crippen molar-refractivity contribution in [3.05, 3.63) is 11.9 Å². The van der Waals surface area contributed by atoms with Gasteiger partial charge >= 0.3 is 0 Å². The first-order valence-corrected chi connectivity index (χ1v) is 8.49. The lowest BCUT2D eigenvalue weighted by atomic mass is 9.89. The molecule has 1 aliphatic carbocycles. The summed E-state index contributed by atoms with van der Waals surface area (Å²) in [6.45, 7) is 7.61. The fourth-order valence-electron chi connectivity index (χ4n) is 2.87. The Hall–Kier alpha value is -1.32. The molecule has 0 radical (unpaired) electrons. The molecule has 1 fully saturated rings. The van der Waals surface area contributed by atoms with Gasteiger partial charge in [-0.3, -0.25) is 0 Å². The monoisotopic (exact) mass is 291 g/mol. The third-order valence-corrected chi connectivity index (χ3v) is 4.19. The number of nitrogens with zero attached hydrogens (tertiary/aromatic N) is 2. The van der Waals surface area contributed by atoms with Gasteiger partial charge in [0.2, 0.25) is 5.88 Å². The Morgan fingerprint density at radius 2 is 1.90 bits per heavy atom. The number of hydrogen-bond acceptors (Lipinski definition) is 4. The molecular formula is C17H29N3O. The van der Waals surface area contributed by atoms with E-state index in [9.17, 15) is 0 Å². The maximum atomic E-state index is 6.22. The van der Waals surface area contributed by atoms with Crippen LogP contribution < -0.4 is 10.1 Å². The van der Waals surface area contributed by atoms with Crippen molar-refractivity contribution in [2.45, 2.75) is 71.8 Å². The average Bonchev–Trinajstić information content (AvgIpc) is 2.50. The molecule has 0 atom stereocenters. The second kappa shape index (κ2) is 8.20. The van der Waals surface area contributed by atoms with Gasteiger partial charge in [0.15, 0.2) is 0 Å². The minimum atomic E-state index is 0.325. The lowest BCUT2D eigenvalue weighted by molar-refractivity contribution is 0.128. The zero-order valence-corrected chi connectivity index (χ0v) is 13.7. The Kier molecular flexibility index (Phi) is 6.27. The van der Waals surface area contributed by atoms with E-state index in [0.717, 1.165) is 61.8 Å². The van der Waals surface area contributed by atoms with Crippen LogP contribution in [-0.4, -0.2) is 22.6 Å². The van der Waals surface area contributed by atoms with Crippen molar-refractivity contribution in [1.29, 1.82) is 0 Å². The highest BCUT2D eigenvalue weighted by atomic mass is 16.5. The van der Waals surface area contributed by atoms with Crippen LogP contribution in [0.5, 0.6) is 5.88 Å². The Bertz CT molecular complexity index is 428. The fraction of sp³-hybridized carbons (Fsp3) is 0.765. The Labute approximate surface area is 128 Å². The van der Waals surface area contributed by atoms with Crippen LogP contribution >= 0.6 is 0 Å². The maximum Gasteiger partial charge on any atom is 0.222 e. The molecule has 0 unspecified atom stereocenters. The van der Waals surface area contributed by atoms with Crippen LogP contribution in [0.25, 0.3) is 0 Å². The van der Waals surface area contributed by atoms with Gasteiger partial charge in [-0.05, 0) is 44.4 Å². The van der Waals surface area contributed by atoms with Crippen molar-refractivity contribution in [3.8, 4) is 5.88 Å². The lowest BCUT2D eigenvalue weighted by Crippen LogP contribution is -2.24. The summed E-state index contributed by atoms with van der Waals surface area (Å²) < 4.78 is 6.22. The summed E-state index contributed by atoms with van der Waals surface area (Å²) >= 11 is 0. The molecular weight excluding hydrogens is 262 g/mol. The molecule has 0 aromatic carbocycles. The van der Waals surface area contributed by atoms with Gasteiger partial charge in [0, 0.05) is 6.54 Å². The third-order valence-electron chi connectivity index (χ3n) is 4.19. The molecule has 118 valence electrons. The van der Waals surface area contributed by atoms with Crippen LogP contribution in [0, 0.1) is 5.92 Å². The van der Waals surface area contributed by atoms with Crippen LogP contribution in [0.15, 0.2) is 6.33 Å². The summed E-state index contributed by atoms with van der Waals surface area (Å²) in [6.07, 6.45) is 9.90. The number of nitrogens with one attached hydrogen (secondary N) is 1. The molecule has 0 bridgehead atoms. The third kappa shape index (κ3) is 4.58.